The van der Waals surface area contributed by atoms with Gasteiger partial charge in [-0.1, -0.05) is 12.1 Å². The minimum absolute atomic E-state index is 0.0253. The van der Waals surface area contributed by atoms with Gasteiger partial charge in [0.2, 0.25) is 5.91 Å². The van der Waals surface area contributed by atoms with E-state index in [2.05, 4.69) is 5.32 Å². The highest BCUT2D eigenvalue weighted by Crippen LogP contribution is 2.28. The number of hydrogen-bond donors (Lipinski definition) is 1. The van der Waals surface area contributed by atoms with E-state index in [0.29, 0.717) is 11.4 Å². The molecule has 1 aliphatic rings. The average Bonchev–Trinajstić information content (AvgIpc) is 3.14. The number of nitrogens with zero attached hydrogens (tertiary/aromatic N) is 2. The highest BCUT2D eigenvalue weighted by atomic mass is 16.6. The summed E-state index contributed by atoms with van der Waals surface area (Å²) in [7, 11) is 1.52. The molecule has 1 saturated heterocycles. The molecule has 0 aromatic heterocycles. The normalized spacial score (nSPS) is 15.6. The minimum atomic E-state index is -0.700. The zero-order valence-corrected chi connectivity index (χ0v) is 16.1. The van der Waals surface area contributed by atoms with Crippen LogP contribution in [0, 0.1) is 16.0 Å². The fourth-order valence-electron chi connectivity index (χ4n) is 3.04. The van der Waals surface area contributed by atoms with Crippen LogP contribution in [0.25, 0.3) is 0 Å². The molecule has 1 N–H and O–H groups in total. The number of non-ortho nitro benzene ring substituents is 1. The number of anilines is 2. The van der Waals surface area contributed by atoms with Gasteiger partial charge in [0.05, 0.1) is 18.0 Å². The first-order valence-electron chi connectivity index (χ1n) is 9.02. The van der Waals surface area contributed by atoms with E-state index in [9.17, 15) is 24.5 Å². The maximum atomic E-state index is 12.3. The third-order valence-electron chi connectivity index (χ3n) is 4.51. The SMILES string of the molecule is COc1cccc(N2C[C@H](C(=O)OCC(=O)Nc3cccc([N+](=O)[O-])c3)CC2=O)c1. The molecule has 2 aromatic rings. The van der Waals surface area contributed by atoms with Crippen LogP contribution < -0.4 is 15.0 Å². The van der Waals surface area contributed by atoms with Crippen LogP contribution in [0.1, 0.15) is 6.42 Å². The number of benzene rings is 2. The standard InChI is InChI=1S/C20H19N3O7/c1-29-17-7-3-5-15(10-17)22-11-13(8-19(22)25)20(26)30-12-18(24)21-14-4-2-6-16(9-14)23(27)28/h2-7,9-10,13H,8,11-12H2,1H3,(H,21,24)/t13-/m1/s1. The molecule has 0 bridgehead atoms. The van der Waals surface area contributed by atoms with Gasteiger partial charge in [0, 0.05) is 42.5 Å². The molecular formula is C20H19N3O7. The number of nitrogens with one attached hydrogen (secondary N) is 1. The molecule has 10 heteroatoms. The zero-order chi connectivity index (χ0) is 21.7. The molecule has 0 unspecified atom stereocenters. The second kappa shape index (κ2) is 9.03. The number of nitro benzene ring substituents is 1. The number of esters is 1. The lowest BCUT2D eigenvalue weighted by Gasteiger charge is -2.17. The van der Waals surface area contributed by atoms with E-state index < -0.39 is 29.3 Å². The Morgan fingerprint density at radius 3 is 2.73 bits per heavy atom. The monoisotopic (exact) mass is 413 g/mol. The highest BCUT2D eigenvalue weighted by Gasteiger charge is 2.36. The number of rotatable bonds is 7. The van der Waals surface area contributed by atoms with Crippen molar-refractivity contribution < 1.29 is 28.8 Å². The lowest BCUT2D eigenvalue weighted by Crippen LogP contribution is -2.28. The fraction of sp³-hybridized carbons (Fsp3) is 0.250. The minimum Gasteiger partial charge on any atom is -0.497 e. The van der Waals surface area contributed by atoms with Crippen LogP contribution in [0.3, 0.4) is 0 Å². The molecule has 3 rings (SSSR count). The summed E-state index contributed by atoms with van der Waals surface area (Å²) in [4.78, 5) is 48.2. The van der Waals surface area contributed by atoms with Crippen molar-refractivity contribution >= 4 is 34.8 Å². The van der Waals surface area contributed by atoms with Gasteiger partial charge in [-0.2, -0.15) is 0 Å². The first-order chi connectivity index (χ1) is 14.4. The molecule has 2 amide bonds. The van der Waals surface area contributed by atoms with Crippen molar-refractivity contribution in [2.45, 2.75) is 6.42 Å². The summed E-state index contributed by atoms with van der Waals surface area (Å²) in [5.41, 5.74) is 0.649. The number of carbonyl (C=O) groups is 3. The van der Waals surface area contributed by atoms with Crippen molar-refractivity contribution in [3.63, 3.8) is 0 Å². The number of carbonyl (C=O) groups excluding carboxylic acids is 3. The van der Waals surface area contributed by atoms with E-state index in [0.717, 1.165) is 0 Å². The van der Waals surface area contributed by atoms with Gasteiger partial charge in [0.1, 0.15) is 5.75 Å². The quantitative estimate of drug-likeness (QED) is 0.418. The van der Waals surface area contributed by atoms with E-state index in [4.69, 9.17) is 9.47 Å². The first-order valence-corrected chi connectivity index (χ1v) is 9.02. The van der Waals surface area contributed by atoms with Gasteiger partial charge in [-0.3, -0.25) is 24.5 Å². The van der Waals surface area contributed by atoms with E-state index in [1.807, 2.05) is 0 Å². The van der Waals surface area contributed by atoms with E-state index in [1.165, 1.54) is 36.3 Å². The van der Waals surface area contributed by atoms with Crippen LogP contribution in [0.15, 0.2) is 48.5 Å². The molecule has 1 atom stereocenters. The van der Waals surface area contributed by atoms with Crippen molar-refractivity contribution in [1.82, 2.24) is 0 Å². The summed E-state index contributed by atoms with van der Waals surface area (Å²) in [6.45, 7) is -0.428. The second-order valence-electron chi connectivity index (χ2n) is 6.57. The number of methoxy groups -OCH3 is 1. The molecule has 1 fully saturated rings. The first kappa shape index (κ1) is 20.8. The molecule has 156 valence electrons. The van der Waals surface area contributed by atoms with E-state index >= 15 is 0 Å². The third kappa shape index (κ3) is 4.90. The van der Waals surface area contributed by atoms with Crippen molar-refractivity contribution in [3.8, 4) is 5.75 Å². The smallest absolute Gasteiger partial charge is 0.311 e. The van der Waals surface area contributed by atoms with Crippen LogP contribution >= 0.6 is 0 Å². The molecule has 30 heavy (non-hydrogen) atoms. The third-order valence-corrected chi connectivity index (χ3v) is 4.51. The van der Waals surface area contributed by atoms with Crippen molar-refractivity contribution in [2.24, 2.45) is 5.92 Å². The Morgan fingerprint density at radius 1 is 1.23 bits per heavy atom. The fourth-order valence-corrected chi connectivity index (χ4v) is 3.04. The van der Waals surface area contributed by atoms with Crippen molar-refractivity contribution in [3.05, 3.63) is 58.6 Å². The Hall–Kier alpha value is -3.95. The number of nitro groups is 1. The average molecular weight is 413 g/mol. The molecule has 10 nitrogen and oxygen atoms in total. The van der Waals surface area contributed by atoms with Crippen LogP contribution in [0.2, 0.25) is 0 Å². The molecular weight excluding hydrogens is 394 g/mol. The molecule has 0 radical (unpaired) electrons. The predicted octanol–water partition coefficient (Wildman–Crippen LogP) is 2.14. The number of ether oxygens (including phenoxy) is 2. The molecule has 1 heterocycles. The highest BCUT2D eigenvalue weighted by molar-refractivity contribution is 6.00. The Kier molecular flexibility index (Phi) is 6.26. The number of amides is 2. The van der Waals surface area contributed by atoms with Gasteiger partial charge in [-0.25, -0.2) is 0 Å². The number of hydrogen-bond acceptors (Lipinski definition) is 7. The maximum Gasteiger partial charge on any atom is 0.311 e. The van der Waals surface area contributed by atoms with Gasteiger partial charge >= 0.3 is 5.97 Å². The lowest BCUT2D eigenvalue weighted by molar-refractivity contribution is -0.384. The van der Waals surface area contributed by atoms with Crippen LogP contribution in [-0.2, 0) is 19.1 Å². The van der Waals surface area contributed by atoms with E-state index in [1.54, 1.807) is 24.3 Å². The molecule has 1 aliphatic heterocycles. The van der Waals surface area contributed by atoms with Gasteiger partial charge < -0.3 is 19.7 Å². The second-order valence-corrected chi connectivity index (χ2v) is 6.57. The predicted molar refractivity (Wildman–Crippen MR) is 106 cm³/mol. The van der Waals surface area contributed by atoms with Gasteiger partial charge in [0.25, 0.3) is 11.6 Å². The lowest BCUT2D eigenvalue weighted by atomic mass is 10.1. The summed E-state index contributed by atoms with van der Waals surface area (Å²) in [5.74, 6) is -1.65. The Morgan fingerprint density at radius 2 is 2.00 bits per heavy atom. The van der Waals surface area contributed by atoms with Crippen molar-refractivity contribution in [1.29, 1.82) is 0 Å². The zero-order valence-electron chi connectivity index (χ0n) is 16.1. The molecule has 2 aromatic carbocycles. The van der Waals surface area contributed by atoms with Crippen LogP contribution in [-0.4, -0.2) is 43.0 Å². The molecule has 0 saturated carbocycles. The van der Waals surface area contributed by atoms with E-state index in [-0.39, 0.29) is 30.2 Å². The Bertz CT molecular complexity index is 992. The molecule has 0 spiro atoms. The Labute approximate surface area is 171 Å². The molecule has 0 aliphatic carbocycles. The summed E-state index contributed by atoms with van der Waals surface area (Å²) in [5, 5.41) is 13.2. The van der Waals surface area contributed by atoms with Gasteiger partial charge in [0.15, 0.2) is 6.61 Å². The van der Waals surface area contributed by atoms with Crippen LogP contribution in [0.4, 0.5) is 17.1 Å². The van der Waals surface area contributed by atoms with Crippen LogP contribution in [0.5, 0.6) is 5.75 Å². The van der Waals surface area contributed by atoms with Gasteiger partial charge in [-0.15, -0.1) is 0 Å². The van der Waals surface area contributed by atoms with Crippen molar-refractivity contribution in [2.75, 3.05) is 30.5 Å². The van der Waals surface area contributed by atoms with Gasteiger partial charge in [-0.05, 0) is 18.2 Å². The largest absolute Gasteiger partial charge is 0.497 e. The summed E-state index contributed by atoms with van der Waals surface area (Å²) >= 11 is 0. The summed E-state index contributed by atoms with van der Waals surface area (Å²) < 4.78 is 10.2. The Balaban J connectivity index is 1.53. The summed E-state index contributed by atoms with van der Waals surface area (Å²) in [6, 6.07) is 12.3. The summed E-state index contributed by atoms with van der Waals surface area (Å²) in [6.07, 6.45) is -0.0253. The topological polar surface area (TPSA) is 128 Å². The maximum absolute atomic E-state index is 12.3.